The van der Waals surface area contributed by atoms with Gasteiger partial charge < -0.3 is 0 Å². The van der Waals surface area contributed by atoms with Crippen LogP contribution in [0.4, 0.5) is 0 Å². The van der Waals surface area contributed by atoms with Gasteiger partial charge in [0.1, 0.15) is 0 Å². The number of hydrogen-bond acceptors (Lipinski definition) is 1. The minimum Gasteiger partial charge on any atom is -0.254 e. The minimum absolute atomic E-state index is 0.444. The van der Waals surface area contributed by atoms with Gasteiger partial charge in [0.15, 0.2) is 0 Å². The average Bonchev–Trinajstić information content (AvgIpc) is 2.09. The van der Waals surface area contributed by atoms with Crippen molar-refractivity contribution in [1.29, 1.82) is 0 Å². The predicted molar refractivity (Wildman–Crippen MR) is 57.9 cm³/mol. The van der Waals surface area contributed by atoms with Gasteiger partial charge in [0, 0.05) is 16.5 Å². The fourth-order valence-electron chi connectivity index (χ4n) is 1.13. The van der Waals surface area contributed by atoms with E-state index in [2.05, 4.69) is 0 Å². The van der Waals surface area contributed by atoms with Gasteiger partial charge in [0.2, 0.25) is 0 Å². The monoisotopic (exact) mass is 216 g/mol. The van der Waals surface area contributed by atoms with Gasteiger partial charge in [-0.2, -0.15) is 0 Å². The summed E-state index contributed by atoms with van der Waals surface area (Å²) in [6.07, 6.45) is 0. The smallest absolute Gasteiger partial charge is 0.0544 e. The fourth-order valence-corrected chi connectivity index (χ4v) is 2.66. The summed E-state index contributed by atoms with van der Waals surface area (Å²) in [7, 11) is -0.937. The van der Waals surface area contributed by atoms with Crippen LogP contribution in [0, 0.1) is 13.8 Å². The summed E-state index contributed by atoms with van der Waals surface area (Å²) in [5.74, 6) is 0.978. The average molecular weight is 217 g/mol. The van der Waals surface area contributed by atoms with Crippen molar-refractivity contribution < 1.29 is 4.21 Å². The molecule has 0 radical (unpaired) electrons. The first-order valence-electron chi connectivity index (χ1n) is 4.16. The molecule has 0 unspecified atom stereocenters. The van der Waals surface area contributed by atoms with Crippen LogP contribution in [0.3, 0.4) is 0 Å². The van der Waals surface area contributed by atoms with E-state index in [0.717, 1.165) is 16.0 Å². The highest BCUT2D eigenvalue weighted by Crippen LogP contribution is 2.15. The van der Waals surface area contributed by atoms with Gasteiger partial charge in [-0.25, -0.2) is 0 Å². The maximum absolute atomic E-state index is 11.6. The van der Waals surface area contributed by atoms with Crippen molar-refractivity contribution in [2.24, 2.45) is 0 Å². The lowest BCUT2D eigenvalue weighted by atomic mass is 10.2. The van der Waals surface area contributed by atoms with E-state index in [1.807, 2.05) is 32.0 Å². The molecule has 0 saturated carbocycles. The number of hydrogen-bond donors (Lipinski definition) is 0. The second kappa shape index (κ2) is 4.77. The van der Waals surface area contributed by atoms with Crippen molar-refractivity contribution in [2.75, 3.05) is 11.6 Å². The van der Waals surface area contributed by atoms with Crippen LogP contribution in [0.2, 0.25) is 0 Å². The number of benzene rings is 1. The van der Waals surface area contributed by atoms with Gasteiger partial charge in [0.05, 0.1) is 10.8 Å². The molecule has 0 amide bonds. The summed E-state index contributed by atoms with van der Waals surface area (Å²) in [4.78, 5) is 0.917. The van der Waals surface area contributed by atoms with Crippen LogP contribution in [0.25, 0.3) is 0 Å². The zero-order valence-corrected chi connectivity index (χ0v) is 9.41. The highest BCUT2D eigenvalue weighted by atomic mass is 35.5. The van der Waals surface area contributed by atoms with E-state index in [9.17, 15) is 4.21 Å². The lowest BCUT2D eigenvalue weighted by Gasteiger charge is -2.05. The van der Waals surface area contributed by atoms with Gasteiger partial charge in [-0.1, -0.05) is 12.1 Å². The topological polar surface area (TPSA) is 17.1 Å². The summed E-state index contributed by atoms with van der Waals surface area (Å²) in [5.41, 5.74) is 2.22. The van der Waals surface area contributed by atoms with Crippen LogP contribution in [0.15, 0.2) is 23.1 Å². The van der Waals surface area contributed by atoms with Gasteiger partial charge in [-0.15, -0.1) is 11.6 Å². The summed E-state index contributed by atoms with van der Waals surface area (Å²) in [5, 5.41) is 0. The Hall–Kier alpha value is -0.340. The number of aryl methyl sites for hydroxylation is 2. The maximum atomic E-state index is 11.6. The zero-order valence-electron chi connectivity index (χ0n) is 7.84. The fraction of sp³-hybridized carbons (Fsp3) is 0.400. The quantitative estimate of drug-likeness (QED) is 0.710. The molecule has 0 heterocycles. The molecule has 0 N–H and O–H groups in total. The Balaban J connectivity index is 2.99. The van der Waals surface area contributed by atoms with Crippen molar-refractivity contribution in [3.05, 3.63) is 29.3 Å². The lowest BCUT2D eigenvalue weighted by Crippen LogP contribution is -2.01. The first kappa shape index (κ1) is 10.7. The third-order valence-corrected chi connectivity index (χ3v) is 3.77. The highest BCUT2D eigenvalue weighted by Gasteiger charge is 2.06. The largest absolute Gasteiger partial charge is 0.254 e. The van der Waals surface area contributed by atoms with Crippen molar-refractivity contribution in [3.63, 3.8) is 0 Å². The Labute approximate surface area is 86.6 Å². The van der Waals surface area contributed by atoms with Gasteiger partial charge >= 0.3 is 0 Å². The number of rotatable bonds is 3. The molecule has 72 valence electrons. The zero-order chi connectivity index (χ0) is 9.84. The molecule has 1 rings (SSSR count). The van der Waals surface area contributed by atoms with E-state index >= 15 is 0 Å². The normalized spacial score (nSPS) is 12.8. The van der Waals surface area contributed by atoms with Gasteiger partial charge in [0.25, 0.3) is 0 Å². The third-order valence-electron chi connectivity index (χ3n) is 1.85. The van der Waals surface area contributed by atoms with E-state index in [1.165, 1.54) is 0 Å². The Morgan fingerprint density at radius 2 is 2.08 bits per heavy atom. The van der Waals surface area contributed by atoms with Crippen LogP contribution in [-0.2, 0) is 10.8 Å². The van der Waals surface area contributed by atoms with E-state index in [4.69, 9.17) is 11.6 Å². The molecule has 0 fully saturated rings. The van der Waals surface area contributed by atoms with E-state index < -0.39 is 10.8 Å². The van der Waals surface area contributed by atoms with E-state index in [-0.39, 0.29) is 0 Å². The molecule has 0 bridgehead atoms. The lowest BCUT2D eigenvalue weighted by molar-refractivity contribution is 0.683. The number of halogens is 1. The standard InChI is InChI=1S/C10H13ClOS/c1-8-3-4-9(2)10(7-8)13(12)6-5-11/h3-4,7H,5-6H2,1-2H3/t13-/m1/s1. The highest BCUT2D eigenvalue weighted by molar-refractivity contribution is 7.85. The molecule has 0 spiro atoms. The molecule has 1 nitrogen and oxygen atoms in total. The van der Waals surface area contributed by atoms with Crippen LogP contribution in [-0.4, -0.2) is 15.8 Å². The second-order valence-corrected chi connectivity index (χ2v) is 4.92. The molecule has 0 aliphatic carbocycles. The molecular formula is C10H13ClOS. The van der Waals surface area contributed by atoms with Crippen LogP contribution >= 0.6 is 11.6 Å². The summed E-state index contributed by atoms with van der Waals surface area (Å²) >= 11 is 5.55. The van der Waals surface area contributed by atoms with Gasteiger partial charge in [-0.3, -0.25) is 4.21 Å². The molecule has 13 heavy (non-hydrogen) atoms. The molecule has 0 saturated heterocycles. The summed E-state index contributed by atoms with van der Waals surface area (Å²) in [6, 6.07) is 5.99. The minimum atomic E-state index is -0.937. The van der Waals surface area contributed by atoms with Crippen molar-refractivity contribution in [1.82, 2.24) is 0 Å². The van der Waals surface area contributed by atoms with Crippen LogP contribution in [0.1, 0.15) is 11.1 Å². The molecule has 3 heteroatoms. The van der Waals surface area contributed by atoms with E-state index in [1.54, 1.807) is 0 Å². The van der Waals surface area contributed by atoms with Gasteiger partial charge in [-0.05, 0) is 31.0 Å². The first-order chi connectivity index (χ1) is 6.15. The Morgan fingerprint density at radius 3 is 2.69 bits per heavy atom. The molecule has 1 aromatic carbocycles. The number of alkyl halides is 1. The van der Waals surface area contributed by atoms with Crippen LogP contribution < -0.4 is 0 Å². The third kappa shape index (κ3) is 2.82. The molecule has 1 aromatic rings. The van der Waals surface area contributed by atoms with Crippen molar-refractivity contribution in [3.8, 4) is 0 Å². The molecular weight excluding hydrogens is 204 g/mol. The van der Waals surface area contributed by atoms with E-state index in [0.29, 0.717) is 11.6 Å². The Bertz CT molecular complexity index is 323. The SMILES string of the molecule is Cc1ccc(C)c([S@](=O)CCCl)c1. The molecule has 0 aliphatic heterocycles. The predicted octanol–water partition coefficient (Wildman–Crippen LogP) is 2.65. The molecule has 1 atom stereocenters. The summed E-state index contributed by atoms with van der Waals surface area (Å²) in [6.45, 7) is 3.97. The van der Waals surface area contributed by atoms with Crippen LogP contribution in [0.5, 0.6) is 0 Å². The Kier molecular flexibility index (Phi) is 3.94. The molecule has 0 aromatic heterocycles. The molecule has 0 aliphatic rings. The van der Waals surface area contributed by atoms with Crippen molar-refractivity contribution >= 4 is 22.4 Å². The first-order valence-corrected chi connectivity index (χ1v) is 6.02. The summed E-state index contributed by atoms with van der Waals surface area (Å²) < 4.78 is 11.6. The maximum Gasteiger partial charge on any atom is 0.0544 e. The second-order valence-electron chi connectivity index (χ2n) is 3.01. The van der Waals surface area contributed by atoms with Crippen molar-refractivity contribution in [2.45, 2.75) is 18.7 Å². The Morgan fingerprint density at radius 1 is 1.38 bits per heavy atom.